The van der Waals surface area contributed by atoms with Gasteiger partial charge in [-0.3, -0.25) is 9.59 Å². The number of nitrogens with one attached hydrogen (secondary N) is 1. The molecule has 0 aliphatic heterocycles. The van der Waals surface area contributed by atoms with Crippen molar-refractivity contribution in [2.45, 2.75) is 20.8 Å². The fourth-order valence-electron chi connectivity index (χ4n) is 2.48. The molecular weight excluding hydrogens is 312 g/mol. The number of rotatable bonds is 6. The van der Waals surface area contributed by atoms with Gasteiger partial charge in [0.15, 0.2) is 0 Å². The van der Waals surface area contributed by atoms with Crippen molar-refractivity contribution in [3.8, 4) is 0 Å². The second kappa shape index (κ2) is 8.83. The molecular formula is C21H24N2O2. The van der Waals surface area contributed by atoms with Crippen molar-refractivity contribution in [2.75, 3.05) is 18.4 Å². The third-order valence-corrected chi connectivity index (χ3v) is 3.97. The van der Waals surface area contributed by atoms with E-state index in [1.54, 1.807) is 35.2 Å². The van der Waals surface area contributed by atoms with Gasteiger partial charge < -0.3 is 10.2 Å². The minimum absolute atomic E-state index is 0.0802. The van der Waals surface area contributed by atoms with Gasteiger partial charge in [0.1, 0.15) is 0 Å². The maximum absolute atomic E-state index is 12.6. The minimum Gasteiger partial charge on any atom is -0.339 e. The normalized spacial score (nSPS) is 10.7. The number of carbonyl (C=O) groups is 2. The molecule has 4 heteroatoms. The first kappa shape index (κ1) is 18.5. The Morgan fingerprint density at radius 3 is 2.28 bits per heavy atom. The maximum Gasteiger partial charge on any atom is 0.255 e. The highest BCUT2D eigenvalue weighted by Crippen LogP contribution is 2.17. The molecule has 2 rings (SSSR count). The third kappa shape index (κ3) is 5.05. The van der Waals surface area contributed by atoms with Crippen molar-refractivity contribution in [3.05, 3.63) is 71.3 Å². The van der Waals surface area contributed by atoms with Crippen LogP contribution in [0.3, 0.4) is 0 Å². The van der Waals surface area contributed by atoms with Gasteiger partial charge in [0, 0.05) is 19.2 Å². The van der Waals surface area contributed by atoms with Crippen LogP contribution in [0.25, 0.3) is 6.08 Å². The van der Waals surface area contributed by atoms with Crippen molar-refractivity contribution in [1.82, 2.24) is 4.90 Å². The van der Waals surface area contributed by atoms with Gasteiger partial charge in [-0.2, -0.15) is 0 Å². The number of benzene rings is 2. The summed E-state index contributed by atoms with van der Waals surface area (Å²) in [6.45, 7) is 7.15. The molecule has 0 fully saturated rings. The monoisotopic (exact) mass is 336 g/mol. The minimum atomic E-state index is -0.264. The van der Waals surface area contributed by atoms with E-state index in [1.807, 2.05) is 45.0 Å². The second-order valence-corrected chi connectivity index (χ2v) is 5.76. The first-order valence-corrected chi connectivity index (χ1v) is 8.49. The summed E-state index contributed by atoms with van der Waals surface area (Å²) < 4.78 is 0. The Labute approximate surface area is 149 Å². The highest BCUT2D eigenvalue weighted by atomic mass is 16.2. The summed E-state index contributed by atoms with van der Waals surface area (Å²) in [6.07, 6.45) is 3.23. The molecule has 0 spiro atoms. The van der Waals surface area contributed by atoms with Crippen LogP contribution >= 0.6 is 0 Å². The zero-order valence-electron chi connectivity index (χ0n) is 15.0. The summed E-state index contributed by atoms with van der Waals surface area (Å²) in [6, 6.07) is 15.0. The van der Waals surface area contributed by atoms with Crippen molar-refractivity contribution in [2.24, 2.45) is 0 Å². The average molecular weight is 336 g/mol. The first-order valence-electron chi connectivity index (χ1n) is 8.49. The van der Waals surface area contributed by atoms with E-state index in [9.17, 15) is 9.59 Å². The standard InChI is InChI=1S/C21H24N2O2/c1-4-23(5-2)21(25)18-8-6-7-9-19(18)22-20(24)15-14-17-12-10-16(3)11-13-17/h6-15H,4-5H2,1-3H3,(H,22,24)/b15-14+. The lowest BCUT2D eigenvalue weighted by atomic mass is 10.1. The van der Waals surface area contributed by atoms with E-state index in [1.165, 1.54) is 11.6 Å². The molecule has 0 unspecified atom stereocenters. The maximum atomic E-state index is 12.6. The predicted octanol–water partition coefficient (Wildman–Crippen LogP) is 4.13. The largest absolute Gasteiger partial charge is 0.339 e. The molecule has 0 aliphatic carbocycles. The van der Waals surface area contributed by atoms with E-state index in [-0.39, 0.29) is 11.8 Å². The highest BCUT2D eigenvalue weighted by molar-refractivity contribution is 6.07. The Bertz CT molecular complexity index is 760. The molecule has 0 saturated carbocycles. The lowest BCUT2D eigenvalue weighted by molar-refractivity contribution is -0.111. The second-order valence-electron chi connectivity index (χ2n) is 5.76. The third-order valence-electron chi connectivity index (χ3n) is 3.97. The number of nitrogens with zero attached hydrogens (tertiary/aromatic N) is 1. The molecule has 0 bridgehead atoms. The molecule has 4 nitrogen and oxygen atoms in total. The van der Waals surface area contributed by atoms with Crippen LogP contribution in [-0.2, 0) is 4.79 Å². The highest BCUT2D eigenvalue weighted by Gasteiger charge is 2.16. The van der Waals surface area contributed by atoms with Gasteiger partial charge in [-0.1, -0.05) is 42.0 Å². The molecule has 0 radical (unpaired) electrons. The number of anilines is 1. The van der Waals surface area contributed by atoms with Crippen LogP contribution in [0.4, 0.5) is 5.69 Å². The lowest BCUT2D eigenvalue weighted by Crippen LogP contribution is -2.31. The molecule has 1 N–H and O–H groups in total. The molecule has 0 heterocycles. The van der Waals surface area contributed by atoms with Gasteiger partial charge in [-0.25, -0.2) is 0 Å². The quantitative estimate of drug-likeness (QED) is 0.806. The molecule has 0 atom stereocenters. The summed E-state index contributed by atoms with van der Waals surface area (Å²) >= 11 is 0. The van der Waals surface area contributed by atoms with E-state index in [0.717, 1.165) is 5.56 Å². The number of hydrogen-bond donors (Lipinski definition) is 1. The smallest absolute Gasteiger partial charge is 0.255 e. The number of aryl methyl sites for hydroxylation is 1. The Hall–Kier alpha value is -2.88. The van der Waals surface area contributed by atoms with Crippen molar-refractivity contribution >= 4 is 23.6 Å². The van der Waals surface area contributed by atoms with Gasteiger partial charge >= 0.3 is 0 Å². The summed E-state index contributed by atoms with van der Waals surface area (Å²) in [5.74, 6) is -0.344. The van der Waals surface area contributed by atoms with Crippen LogP contribution in [0.5, 0.6) is 0 Å². The summed E-state index contributed by atoms with van der Waals surface area (Å²) in [4.78, 5) is 26.5. The molecule has 0 saturated heterocycles. The molecule has 0 aromatic heterocycles. The van der Waals surface area contributed by atoms with Crippen LogP contribution in [-0.4, -0.2) is 29.8 Å². The van der Waals surface area contributed by atoms with E-state index >= 15 is 0 Å². The Morgan fingerprint density at radius 2 is 1.64 bits per heavy atom. The Morgan fingerprint density at radius 1 is 1.00 bits per heavy atom. The zero-order chi connectivity index (χ0) is 18.2. The Kier molecular flexibility index (Phi) is 6.52. The molecule has 130 valence electrons. The molecule has 2 amide bonds. The SMILES string of the molecule is CCN(CC)C(=O)c1ccccc1NC(=O)/C=C/c1ccc(C)cc1. The van der Waals surface area contributed by atoms with Crippen molar-refractivity contribution in [3.63, 3.8) is 0 Å². The fraction of sp³-hybridized carbons (Fsp3) is 0.238. The van der Waals surface area contributed by atoms with Gasteiger partial charge in [0.25, 0.3) is 5.91 Å². The predicted molar refractivity (Wildman–Crippen MR) is 103 cm³/mol. The average Bonchev–Trinajstić information content (AvgIpc) is 2.62. The number of amides is 2. The van der Waals surface area contributed by atoms with Crippen LogP contribution in [0, 0.1) is 6.92 Å². The number of carbonyl (C=O) groups excluding carboxylic acids is 2. The topological polar surface area (TPSA) is 49.4 Å². The van der Waals surface area contributed by atoms with E-state index < -0.39 is 0 Å². The van der Waals surface area contributed by atoms with Gasteiger partial charge in [0.2, 0.25) is 5.91 Å². The van der Waals surface area contributed by atoms with Crippen LogP contribution < -0.4 is 5.32 Å². The molecule has 0 aliphatic rings. The number of para-hydroxylation sites is 1. The molecule has 2 aromatic rings. The fourth-order valence-corrected chi connectivity index (χ4v) is 2.48. The van der Waals surface area contributed by atoms with E-state index in [2.05, 4.69) is 5.32 Å². The zero-order valence-corrected chi connectivity index (χ0v) is 15.0. The van der Waals surface area contributed by atoms with E-state index in [0.29, 0.717) is 24.3 Å². The number of hydrogen-bond acceptors (Lipinski definition) is 2. The van der Waals surface area contributed by atoms with Gasteiger partial charge in [-0.05, 0) is 44.5 Å². The summed E-state index contributed by atoms with van der Waals surface area (Å²) in [5, 5.41) is 2.80. The molecule has 2 aromatic carbocycles. The van der Waals surface area contributed by atoms with Crippen LogP contribution in [0.1, 0.15) is 35.3 Å². The van der Waals surface area contributed by atoms with Crippen LogP contribution in [0.15, 0.2) is 54.6 Å². The lowest BCUT2D eigenvalue weighted by Gasteiger charge is -2.20. The van der Waals surface area contributed by atoms with Crippen molar-refractivity contribution in [1.29, 1.82) is 0 Å². The van der Waals surface area contributed by atoms with Crippen LogP contribution in [0.2, 0.25) is 0 Å². The van der Waals surface area contributed by atoms with Crippen molar-refractivity contribution < 1.29 is 9.59 Å². The molecule has 25 heavy (non-hydrogen) atoms. The summed E-state index contributed by atoms with van der Waals surface area (Å²) in [5.41, 5.74) is 3.15. The van der Waals surface area contributed by atoms with Gasteiger partial charge in [-0.15, -0.1) is 0 Å². The Balaban J connectivity index is 2.13. The van der Waals surface area contributed by atoms with Gasteiger partial charge in [0.05, 0.1) is 11.3 Å². The van der Waals surface area contributed by atoms with E-state index in [4.69, 9.17) is 0 Å². The summed E-state index contributed by atoms with van der Waals surface area (Å²) in [7, 11) is 0. The first-order chi connectivity index (χ1) is 12.0.